The van der Waals surface area contributed by atoms with E-state index >= 15 is 0 Å². The quantitative estimate of drug-likeness (QED) is 0.846. The topological polar surface area (TPSA) is 41.5 Å². The van der Waals surface area contributed by atoms with Gasteiger partial charge in [0.15, 0.2) is 5.82 Å². The standard InChI is InChI=1S/C21H28N4O/c1-17-3-2-4-19(13-17)21-22-14-18(15-23-21)16-24-7-9-25(10-8-24)20-5-11-26-12-6-20/h2-4,13-15,20H,5-12,16H2,1H3. The van der Waals surface area contributed by atoms with Crippen molar-refractivity contribution in [3.63, 3.8) is 0 Å². The lowest BCUT2D eigenvalue weighted by Crippen LogP contribution is -2.51. The lowest BCUT2D eigenvalue weighted by atomic mass is 10.1. The lowest BCUT2D eigenvalue weighted by molar-refractivity contribution is 0.0126. The van der Waals surface area contributed by atoms with E-state index in [2.05, 4.69) is 51.0 Å². The number of aryl methyl sites for hydroxylation is 1. The molecule has 2 aliphatic heterocycles. The van der Waals surface area contributed by atoms with Gasteiger partial charge in [-0.15, -0.1) is 0 Å². The highest BCUT2D eigenvalue weighted by Gasteiger charge is 2.25. The molecule has 1 aromatic carbocycles. The van der Waals surface area contributed by atoms with Gasteiger partial charge in [-0.2, -0.15) is 0 Å². The number of ether oxygens (including phenoxy) is 1. The molecule has 3 heterocycles. The molecule has 0 amide bonds. The Bertz CT molecular complexity index is 704. The summed E-state index contributed by atoms with van der Waals surface area (Å²) in [5.74, 6) is 0.807. The van der Waals surface area contributed by atoms with Crippen molar-refractivity contribution in [2.24, 2.45) is 0 Å². The molecule has 0 aliphatic carbocycles. The van der Waals surface area contributed by atoms with E-state index < -0.39 is 0 Å². The van der Waals surface area contributed by atoms with Gasteiger partial charge in [-0.25, -0.2) is 9.97 Å². The minimum absolute atomic E-state index is 0.725. The van der Waals surface area contributed by atoms with Gasteiger partial charge in [-0.1, -0.05) is 23.8 Å². The average Bonchev–Trinajstić information content (AvgIpc) is 2.70. The molecule has 2 fully saturated rings. The van der Waals surface area contributed by atoms with E-state index in [9.17, 15) is 0 Å². The van der Waals surface area contributed by atoms with Crippen molar-refractivity contribution in [3.05, 3.63) is 47.8 Å². The summed E-state index contributed by atoms with van der Waals surface area (Å²) in [7, 11) is 0. The molecule has 0 atom stereocenters. The Morgan fingerprint density at radius 2 is 1.77 bits per heavy atom. The molecular weight excluding hydrogens is 324 g/mol. The Hall–Kier alpha value is -1.82. The molecule has 5 nitrogen and oxygen atoms in total. The van der Waals surface area contributed by atoms with Crippen molar-refractivity contribution in [2.45, 2.75) is 32.4 Å². The summed E-state index contributed by atoms with van der Waals surface area (Å²) >= 11 is 0. The Morgan fingerprint density at radius 3 is 2.46 bits per heavy atom. The Kier molecular flexibility index (Phi) is 5.58. The maximum atomic E-state index is 5.49. The SMILES string of the molecule is Cc1cccc(-c2ncc(CN3CCN(C4CCOCC4)CC3)cn2)c1. The van der Waals surface area contributed by atoms with Crippen LogP contribution in [0.4, 0.5) is 0 Å². The van der Waals surface area contributed by atoms with Crippen LogP contribution in [-0.4, -0.2) is 65.2 Å². The van der Waals surface area contributed by atoms with E-state index in [-0.39, 0.29) is 0 Å². The van der Waals surface area contributed by atoms with Crippen LogP contribution in [0.3, 0.4) is 0 Å². The van der Waals surface area contributed by atoms with Crippen molar-refractivity contribution in [2.75, 3.05) is 39.4 Å². The first-order valence-electron chi connectivity index (χ1n) is 9.70. The van der Waals surface area contributed by atoms with Crippen molar-refractivity contribution in [1.29, 1.82) is 0 Å². The molecule has 2 saturated heterocycles. The normalized spacial score (nSPS) is 20.3. The molecule has 0 spiro atoms. The minimum atomic E-state index is 0.725. The molecule has 5 heteroatoms. The number of hydrogen-bond acceptors (Lipinski definition) is 5. The third kappa shape index (κ3) is 4.29. The average molecular weight is 352 g/mol. The van der Waals surface area contributed by atoms with Crippen LogP contribution in [-0.2, 0) is 11.3 Å². The van der Waals surface area contributed by atoms with Crippen molar-refractivity contribution >= 4 is 0 Å². The molecular formula is C21H28N4O. The van der Waals surface area contributed by atoms with Gasteiger partial charge in [0.2, 0.25) is 0 Å². The summed E-state index contributed by atoms with van der Waals surface area (Å²) in [6.45, 7) is 9.45. The van der Waals surface area contributed by atoms with E-state index in [1.807, 2.05) is 12.4 Å². The fraction of sp³-hybridized carbons (Fsp3) is 0.524. The van der Waals surface area contributed by atoms with Crippen LogP contribution in [0.5, 0.6) is 0 Å². The zero-order chi connectivity index (χ0) is 17.8. The largest absolute Gasteiger partial charge is 0.381 e. The molecule has 0 N–H and O–H groups in total. The van der Waals surface area contributed by atoms with Crippen LogP contribution < -0.4 is 0 Å². The van der Waals surface area contributed by atoms with Crippen LogP contribution in [0.1, 0.15) is 24.0 Å². The van der Waals surface area contributed by atoms with Crippen molar-refractivity contribution in [1.82, 2.24) is 19.8 Å². The summed E-state index contributed by atoms with van der Waals surface area (Å²) in [6.07, 6.45) is 6.34. The number of piperazine rings is 1. The van der Waals surface area contributed by atoms with Crippen LogP contribution in [0.25, 0.3) is 11.4 Å². The van der Waals surface area contributed by atoms with Gasteiger partial charge in [0.25, 0.3) is 0 Å². The first kappa shape index (κ1) is 17.6. The monoisotopic (exact) mass is 352 g/mol. The maximum absolute atomic E-state index is 5.49. The zero-order valence-corrected chi connectivity index (χ0v) is 15.6. The second-order valence-electron chi connectivity index (χ2n) is 7.44. The van der Waals surface area contributed by atoms with E-state index in [1.165, 1.54) is 24.0 Å². The van der Waals surface area contributed by atoms with Gasteiger partial charge < -0.3 is 4.74 Å². The van der Waals surface area contributed by atoms with Crippen molar-refractivity contribution in [3.8, 4) is 11.4 Å². The molecule has 0 radical (unpaired) electrons. The van der Waals surface area contributed by atoms with Gasteiger partial charge in [0.1, 0.15) is 0 Å². The number of rotatable bonds is 4. The summed E-state index contributed by atoms with van der Waals surface area (Å²) in [5.41, 5.74) is 3.51. The molecule has 138 valence electrons. The predicted octanol–water partition coefficient (Wildman–Crippen LogP) is 2.75. The highest BCUT2D eigenvalue weighted by Crippen LogP contribution is 2.18. The number of hydrogen-bond donors (Lipinski definition) is 0. The summed E-state index contributed by atoms with van der Waals surface area (Å²) in [4.78, 5) is 14.3. The predicted molar refractivity (Wildman–Crippen MR) is 103 cm³/mol. The first-order chi connectivity index (χ1) is 12.8. The summed E-state index contributed by atoms with van der Waals surface area (Å²) < 4.78 is 5.49. The maximum Gasteiger partial charge on any atom is 0.159 e. The van der Waals surface area contributed by atoms with Crippen LogP contribution in [0, 0.1) is 6.92 Å². The molecule has 4 rings (SSSR count). The van der Waals surface area contributed by atoms with Gasteiger partial charge in [-0.3, -0.25) is 9.80 Å². The minimum Gasteiger partial charge on any atom is -0.381 e. The van der Waals surface area contributed by atoms with Crippen LogP contribution >= 0.6 is 0 Å². The first-order valence-corrected chi connectivity index (χ1v) is 9.70. The van der Waals surface area contributed by atoms with E-state index in [4.69, 9.17) is 4.74 Å². The summed E-state index contributed by atoms with van der Waals surface area (Å²) in [6, 6.07) is 9.07. The van der Waals surface area contributed by atoms with Crippen LogP contribution in [0.15, 0.2) is 36.7 Å². The van der Waals surface area contributed by atoms with Gasteiger partial charge in [-0.05, 0) is 25.8 Å². The number of aromatic nitrogens is 2. The highest BCUT2D eigenvalue weighted by atomic mass is 16.5. The van der Waals surface area contributed by atoms with E-state index in [0.29, 0.717) is 0 Å². The molecule has 26 heavy (non-hydrogen) atoms. The third-order valence-electron chi connectivity index (χ3n) is 5.50. The van der Waals surface area contributed by atoms with E-state index in [1.54, 1.807) is 0 Å². The molecule has 2 aliphatic rings. The molecule has 2 aromatic rings. The molecule has 1 aromatic heterocycles. The van der Waals surface area contributed by atoms with Crippen LogP contribution in [0.2, 0.25) is 0 Å². The Morgan fingerprint density at radius 1 is 1.04 bits per heavy atom. The second-order valence-corrected chi connectivity index (χ2v) is 7.44. The molecule has 0 unspecified atom stereocenters. The fourth-order valence-corrected chi connectivity index (χ4v) is 3.96. The number of nitrogens with zero attached hydrogens (tertiary/aromatic N) is 4. The molecule has 0 bridgehead atoms. The molecule has 0 saturated carbocycles. The third-order valence-corrected chi connectivity index (χ3v) is 5.50. The van der Waals surface area contributed by atoms with Gasteiger partial charge in [0.05, 0.1) is 0 Å². The van der Waals surface area contributed by atoms with Crippen molar-refractivity contribution < 1.29 is 4.74 Å². The Balaban J connectivity index is 1.31. The lowest BCUT2D eigenvalue weighted by Gasteiger charge is -2.40. The highest BCUT2D eigenvalue weighted by molar-refractivity contribution is 5.55. The Labute approximate surface area is 156 Å². The number of benzene rings is 1. The summed E-state index contributed by atoms with van der Waals surface area (Å²) in [5, 5.41) is 0. The van der Waals surface area contributed by atoms with Gasteiger partial charge in [0, 0.05) is 75.5 Å². The fourth-order valence-electron chi connectivity index (χ4n) is 3.96. The zero-order valence-electron chi connectivity index (χ0n) is 15.6. The second kappa shape index (κ2) is 8.25. The van der Waals surface area contributed by atoms with Gasteiger partial charge >= 0.3 is 0 Å². The smallest absolute Gasteiger partial charge is 0.159 e. The van der Waals surface area contributed by atoms with E-state index in [0.717, 1.165) is 63.4 Å².